The summed E-state index contributed by atoms with van der Waals surface area (Å²) in [5.74, 6) is 1.81. The van der Waals surface area contributed by atoms with Crippen LogP contribution in [0.2, 0.25) is 0 Å². The molecule has 5 nitrogen and oxygen atoms in total. The third-order valence-electron chi connectivity index (χ3n) is 4.71. The van der Waals surface area contributed by atoms with Crippen LogP contribution in [0.4, 0.5) is 0 Å². The third kappa shape index (κ3) is 6.07. The molecule has 0 radical (unpaired) electrons. The van der Waals surface area contributed by atoms with Crippen LogP contribution in [0.15, 0.2) is 59.6 Å². The highest BCUT2D eigenvalue weighted by Gasteiger charge is 2.14. The molecule has 0 amide bonds. The van der Waals surface area contributed by atoms with Crippen molar-refractivity contribution in [2.75, 3.05) is 27.2 Å². The van der Waals surface area contributed by atoms with Gasteiger partial charge in [0.15, 0.2) is 5.96 Å². The lowest BCUT2D eigenvalue weighted by Gasteiger charge is -2.19. The molecule has 2 unspecified atom stereocenters. The molecule has 1 heterocycles. The lowest BCUT2D eigenvalue weighted by Crippen LogP contribution is -2.40. The zero-order chi connectivity index (χ0) is 19.9. The Hall–Kier alpha value is -1.84. The third-order valence-corrected chi connectivity index (χ3v) is 5.92. The number of rotatable bonds is 7. The fourth-order valence-electron chi connectivity index (χ4n) is 3.11. The maximum atomic E-state index is 10.5. The second kappa shape index (κ2) is 11.4. The van der Waals surface area contributed by atoms with Gasteiger partial charge in [0.2, 0.25) is 0 Å². The molecule has 29 heavy (non-hydrogen) atoms. The highest BCUT2D eigenvalue weighted by Crippen LogP contribution is 2.29. The number of aliphatic hydroxyl groups is 1. The number of halogens is 1. The van der Waals surface area contributed by atoms with Crippen LogP contribution in [-0.2, 0) is 0 Å². The fraction of sp³-hybridized carbons (Fsp3) is 0.318. The largest absolute Gasteiger partial charge is 0.496 e. The number of aliphatic imine (C=N–C) groups is 1. The average molecular weight is 525 g/mol. The number of benzene rings is 2. The fourth-order valence-corrected chi connectivity index (χ4v) is 4.17. The van der Waals surface area contributed by atoms with Crippen LogP contribution in [0.1, 0.15) is 29.4 Å². The van der Waals surface area contributed by atoms with Crippen LogP contribution in [0.3, 0.4) is 0 Å². The van der Waals surface area contributed by atoms with E-state index in [2.05, 4.69) is 40.7 Å². The van der Waals surface area contributed by atoms with Crippen LogP contribution in [0, 0.1) is 0 Å². The Morgan fingerprint density at radius 2 is 1.79 bits per heavy atom. The van der Waals surface area contributed by atoms with Crippen molar-refractivity contribution in [3.8, 4) is 5.75 Å². The molecule has 0 bridgehead atoms. The molecule has 2 aromatic carbocycles. The minimum atomic E-state index is -0.581. The first-order valence-electron chi connectivity index (χ1n) is 9.36. The molecule has 7 heteroatoms. The van der Waals surface area contributed by atoms with E-state index in [4.69, 9.17) is 4.74 Å². The van der Waals surface area contributed by atoms with E-state index in [0.717, 1.165) is 21.6 Å². The number of hydrogen-bond acceptors (Lipinski definition) is 4. The van der Waals surface area contributed by atoms with Crippen molar-refractivity contribution >= 4 is 51.4 Å². The summed E-state index contributed by atoms with van der Waals surface area (Å²) >= 11 is 1.62. The maximum absolute atomic E-state index is 10.5. The summed E-state index contributed by atoms with van der Waals surface area (Å²) in [5.41, 5.74) is 1.15. The van der Waals surface area contributed by atoms with Gasteiger partial charge in [0.1, 0.15) is 11.9 Å². The number of para-hydroxylation sites is 1. The van der Waals surface area contributed by atoms with Gasteiger partial charge in [-0.15, -0.1) is 35.3 Å². The van der Waals surface area contributed by atoms with Gasteiger partial charge in [-0.2, -0.15) is 0 Å². The Labute approximate surface area is 193 Å². The lowest BCUT2D eigenvalue weighted by molar-refractivity contribution is 0.184. The lowest BCUT2D eigenvalue weighted by atomic mass is 10.0. The summed E-state index contributed by atoms with van der Waals surface area (Å²) in [7, 11) is 3.42. The summed E-state index contributed by atoms with van der Waals surface area (Å²) in [5, 5.41) is 18.2. The van der Waals surface area contributed by atoms with Crippen LogP contribution in [0.25, 0.3) is 10.1 Å². The number of ether oxygens (including phenoxy) is 1. The summed E-state index contributed by atoms with van der Waals surface area (Å²) in [6.45, 7) is 3.25. The van der Waals surface area contributed by atoms with E-state index in [1.165, 1.54) is 4.70 Å². The number of aliphatic hydroxyl groups excluding tert-OH is 1. The van der Waals surface area contributed by atoms with Crippen molar-refractivity contribution in [2.24, 2.45) is 4.99 Å². The van der Waals surface area contributed by atoms with Crippen LogP contribution in [-0.4, -0.2) is 38.3 Å². The molecule has 1 aromatic heterocycles. The topological polar surface area (TPSA) is 65.9 Å². The van der Waals surface area contributed by atoms with Crippen LogP contribution < -0.4 is 15.4 Å². The predicted molar refractivity (Wildman–Crippen MR) is 133 cm³/mol. The molecule has 0 spiro atoms. The molecule has 2 atom stereocenters. The van der Waals surface area contributed by atoms with Crippen LogP contribution >= 0.6 is 35.3 Å². The molecule has 0 aliphatic carbocycles. The van der Waals surface area contributed by atoms with E-state index >= 15 is 0 Å². The van der Waals surface area contributed by atoms with Crippen molar-refractivity contribution < 1.29 is 9.84 Å². The van der Waals surface area contributed by atoms with E-state index < -0.39 is 6.10 Å². The first-order chi connectivity index (χ1) is 13.6. The standard InChI is InChI=1S/C22H27N3O2S.HI/c1-15(17-9-5-6-10-19(17)27-3)13-24-22(23-2)25-14-18(26)21-12-16-8-4-7-11-20(16)28-21;/h4-12,15,18,26H,13-14H2,1-3H3,(H2,23,24,25);1H. The number of hydrogen-bond donors (Lipinski definition) is 3. The minimum absolute atomic E-state index is 0. The summed E-state index contributed by atoms with van der Waals surface area (Å²) in [6, 6.07) is 18.2. The van der Waals surface area contributed by atoms with Crippen molar-refractivity contribution in [3.63, 3.8) is 0 Å². The Bertz CT molecular complexity index is 911. The molecular formula is C22H28IN3O2S. The molecule has 3 aromatic rings. The van der Waals surface area contributed by atoms with Crippen molar-refractivity contribution in [1.29, 1.82) is 0 Å². The Kier molecular flexibility index (Phi) is 9.19. The molecule has 156 valence electrons. The SMILES string of the molecule is CN=C(NCC(C)c1ccccc1OC)NCC(O)c1cc2ccccc2s1.I. The maximum Gasteiger partial charge on any atom is 0.191 e. The predicted octanol–water partition coefficient (Wildman–Crippen LogP) is 4.53. The molecule has 0 aliphatic rings. The highest BCUT2D eigenvalue weighted by atomic mass is 127. The van der Waals surface area contributed by atoms with E-state index in [0.29, 0.717) is 19.0 Å². The second-order valence-electron chi connectivity index (χ2n) is 6.68. The summed E-state index contributed by atoms with van der Waals surface area (Å²) < 4.78 is 6.63. The molecular weight excluding hydrogens is 497 g/mol. The quantitative estimate of drug-likeness (QED) is 0.241. The van der Waals surface area contributed by atoms with Gasteiger partial charge in [-0.3, -0.25) is 4.99 Å². The van der Waals surface area contributed by atoms with Gasteiger partial charge in [0.05, 0.1) is 7.11 Å². The van der Waals surface area contributed by atoms with Crippen molar-refractivity contribution in [3.05, 3.63) is 65.0 Å². The molecule has 0 saturated heterocycles. The molecule has 3 rings (SSSR count). The van der Waals surface area contributed by atoms with Gasteiger partial charge in [0.25, 0.3) is 0 Å². The Morgan fingerprint density at radius 3 is 2.52 bits per heavy atom. The van der Waals surface area contributed by atoms with Crippen LogP contribution in [0.5, 0.6) is 5.75 Å². The summed E-state index contributed by atoms with van der Waals surface area (Å²) in [4.78, 5) is 5.21. The van der Waals surface area contributed by atoms with Crippen molar-refractivity contribution in [1.82, 2.24) is 10.6 Å². The first-order valence-corrected chi connectivity index (χ1v) is 10.2. The van der Waals surface area contributed by atoms with Gasteiger partial charge < -0.3 is 20.5 Å². The van der Waals surface area contributed by atoms with Gasteiger partial charge >= 0.3 is 0 Å². The Balaban J connectivity index is 0.00000300. The monoisotopic (exact) mass is 525 g/mol. The number of nitrogens with one attached hydrogen (secondary N) is 2. The summed E-state index contributed by atoms with van der Waals surface area (Å²) in [6.07, 6.45) is -0.581. The number of guanidine groups is 1. The van der Waals surface area contributed by atoms with E-state index in [-0.39, 0.29) is 29.9 Å². The number of fused-ring (bicyclic) bond motifs is 1. The number of methoxy groups -OCH3 is 1. The molecule has 3 N–H and O–H groups in total. The van der Waals surface area contributed by atoms with Crippen molar-refractivity contribution in [2.45, 2.75) is 18.9 Å². The smallest absolute Gasteiger partial charge is 0.191 e. The van der Waals surface area contributed by atoms with E-state index in [1.54, 1.807) is 25.5 Å². The molecule has 0 saturated carbocycles. The van der Waals surface area contributed by atoms with E-state index in [9.17, 15) is 5.11 Å². The second-order valence-corrected chi connectivity index (χ2v) is 7.79. The number of nitrogens with zero attached hydrogens (tertiary/aromatic N) is 1. The molecule has 0 aliphatic heterocycles. The average Bonchev–Trinajstić information content (AvgIpc) is 3.17. The van der Waals surface area contributed by atoms with Gasteiger partial charge in [-0.25, -0.2) is 0 Å². The zero-order valence-corrected chi connectivity index (χ0v) is 20.0. The highest BCUT2D eigenvalue weighted by molar-refractivity contribution is 14.0. The first kappa shape index (κ1) is 23.4. The van der Waals surface area contributed by atoms with Gasteiger partial charge in [0, 0.05) is 35.6 Å². The zero-order valence-electron chi connectivity index (χ0n) is 16.9. The van der Waals surface area contributed by atoms with Gasteiger partial charge in [-0.1, -0.05) is 43.3 Å². The Morgan fingerprint density at radius 1 is 1.10 bits per heavy atom. The normalized spacial score (nSPS) is 13.4. The van der Waals surface area contributed by atoms with Gasteiger partial charge in [-0.05, 0) is 29.1 Å². The molecule has 0 fully saturated rings. The number of thiophene rings is 1. The van der Waals surface area contributed by atoms with E-state index in [1.807, 2.05) is 36.4 Å². The minimum Gasteiger partial charge on any atom is -0.496 e.